The molecule has 0 spiro atoms. The van der Waals surface area contributed by atoms with E-state index in [2.05, 4.69) is 29.1 Å². The van der Waals surface area contributed by atoms with E-state index >= 15 is 0 Å². The summed E-state index contributed by atoms with van der Waals surface area (Å²) in [5, 5.41) is 3.38. The fraction of sp³-hybridized carbons (Fsp3) is 0.714. The molecule has 1 rings (SSSR count). The third-order valence-electron chi connectivity index (χ3n) is 2.84. The van der Waals surface area contributed by atoms with Crippen LogP contribution in [0.25, 0.3) is 0 Å². The second-order valence-electron chi connectivity index (χ2n) is 4.39. The van der Waals surface area contributed by atoms with Gasteiger partial charge in [-0.2, -0.15) is 0 Å². The van der Waals surface area contributed by atoms with Crippen LogP contribution in [0.15, 0.2) is 6.20 Å². The smallest absolute Gasteiger partial charge is 0.157 e. The molecule has 1 aromatic rings. The lowest BCUT2D eigenvalue weighted by molar-refractivity contribution is 0.0532. The van der Waals surface area contributed by atoms with Crippen molar-refractivity contribution in [2.75, 3.05) is 13.2 Å². The van der Waals surface area contributed by atoms with Crippen LogP contribution < -0.4 is 5.32 Å². The van der Waals surface area contributed by atoms with Crippen molar-refractivity contribution in [3.8, 4) is 0 Å². The Balaban J connectivity index is 2.78. The van der Waals surface area contributed by atoms with Crippen molar-refractivity contribution in [2.45, 2.75) is 53.2 Å². The molecule has 0 fully saturated rings. The molecule has 1 heterocycles. The van der Waals surface area contributed by atoms with Gasteiger partial charge in [0.2, 0.25) is 0 Å². The van der Waals surface area contributed by atoms with Gasteiger partial charge in [-0.25, -0.2) is 9.97 Å². The van der Waals surface area contributed by atoms with Crippen LogP contribution in [0.2, 0.25) is 0 Å². The van der Waals surface area contributed by atoms with Gasteiger partial charge in [0, 0.05) is 19.3 Å². The zero-order chi connectivity index (χ0) is 13.4. The quantitative estimate of drug-likeness (QED) is 0.722. The summed E-state index contributed by atoms with van der Waals surface area (Å²) >= 11 is 0. The molecule has 1 aromatic heterocycles. The van der Waals surface area contributed by atoms with Gasteiger partial charge in [-0.1, -0.05) is 13.8 Å². The molecule has 102 valence electrons. The highest BCUT2D eigenvalue weighted by atomic mass is 16.5. The Labute approximate surface area is 110 Å². The summed E-state index contributed by atoms with van der Waals surface area (Å²) < 4.78 is 5.65. The number of hydrogen-bond acceptors (Lipinski definition) is 4. The number of rotatable bonds is 8. The molecule has 0 aromatic carbocycles. The zero-order valence-corrected chi connectivity index (χ0v) is 12.0. The predicted octanol–water partition coefficient (Wildman–Crippen LogP) is 2.77. The molecule has 0 aliphatic rings. The van der Waals surface area contributed by atoms with Crippen molar-refractivity contribution in [3.63, 3.8) is 0 Å². The number of aromatic nitrogens is 2. The van der Waals surface area contributed by atoms with E-state index in [1.807, 2.05) is 20.0 Å². The molecule has 0 bridgehead atoms. The first-order valence-corrected chi connectivity index (χ1v) is 6.87. The summed E-state index contributed by atoms with van der Waals surface area (Å²) in [7, 11) is 0. The van der Waals surface area contributed by atoms with Crippen LogP contribution in [0.1, 0.15) is 56.8 Å². The van der Waals surface area contributed by atoms with Gasteiger partial charge in [-0.05, 0) is 38.8 Å². The summed E-state index contributed by atoms with van der Waals surface area (Å²) in [6.07, 6.45) is 3.94. The minimum atomic E-state index is 0.0144. The van der Waals surface area contributed by atoms with Gasteiger partial charge in [-0.15, -0.1) is 0 Å². The Hall–Kier alpha value is -1.00. The van der Waals surface area contributed by atoms with Crippen LogP contribution in [0.5, 0.6) is 0 Å². The number of nitrogens with zero attached hydrogens (tertiary/aromatic N) is 2. The summed E-state index contributed by atoms with van der Waals surface area (Å²) in [6, 6.07) is 0. The minimum Gasteiger partial charge on any atom is -0.371 e. The maximum Gasteiger partial charge on any atom is 0.157 e. The molecule has 0 aliphatic carbocycles. The van der Waals surface area contributed by atoms with Gasteiger partial charge >= 0.3 is 0 Å². The zero-order valence-electron chi connectivity index (χ0n) is 12.0. The van der Waals surface area contributed by atoms with E-state index in [0.717, 1.165) is 43.0 Å². The van der Waals surface area contributed by atoms with Gasteiger partial charge in [0.25, 0.3) is 0 Å². The summed E-state index contributed by atoms with van der Waals surface area (Å²) in [5.41, 5.74) is 2.21. The largest absolute Gasteiger partial charge is 0.371 e. The third kappa shape index (κ3) is 4.35. The van der Waals surface area contributed by atoms with Crippen LogP contribution in [-0.4, -0.2) is 23.1 Å². The third-order valence-corrected chi connectivity index (χ3v) is 2.84. The lowest BCUT2D eigenvalue weighted by Crippen LogP contribution is -2.18. The van der Waals surface area contributed by atoms with E-state index in [4.69, 9.17) is 4.74 Å². The van der Waals surface area contributed by atoms with Gasteiger partial charge in [-0.3, -0.25) is 0 Å². The molecule has 0 amide bonds. The molecule has 4 heteroatoms. The molecule has 0 aliphatic heterocycles. The van der Waals surface area contributed by atoms with E-state index in [1.165, 1.54) is 0 Å². The average Bonchev–Trinajstić information content (AvgIpc) is 2.38. The summed E-state index contributed by atoms with van der Waals surface area (Å²) in [5.74, 6) is 0.804. The van der Waals surface area contributed by atoms with Gasteiger partial charge in [0.05, 0.1) is 5.69 Å². The van der Waals surface area contributed by atoms with E-state index < -0.39 is 0 Å². The summed E-state index contributed by atoms with van der Waals surface area (Å²) in [6.45, 7) is 10.8. The molecule has 1 N–H and O–H groups in total. The van der Waals surface area contributed by atoms with Crippen molar-refractivity contribution in [3.05, 3.63) is 23.3 Å². The second kappa shape index (κ2) is 8.16. The predicted molar refractivity (Wildman–Crippen MR) is 73.4 cm³/mol. The van der Waals surface area contributed by atoms with Gasteiger partial charge in [0.1, 0.15) is 6.10 Å². The monoisotopic (exact) mass is 251 g/mol. The molecule has 18 heavy (non-hydrogen) atoms. The molecule has 0 saturated heterocycles. The number of aryl methyl sites for hydroxylation is 1. The van der Waals surface area contributed by atoms with Crippen LogP contribution in [0.3, 0.4) is 0 Å². The first-order valence-electron chi connectivity index (χ1n) is 6.87. The minimum absolute atomic E-state index is 0.0144. The maximum absolute atomic E-state index is 5.65. The molecule has 1 unspecified atom stereocenters. The van der Waals surface area contributed by atoms with E-state index in [-0.39, 0.29) is 6.10 Å². The SMILES string of the molecule is CCCNCc1nc(C(CC)OCC)ncc1C. The van der Waals surface area contributed by atoms with E-state index in [1.54, 1.807) is 0 Å². The van der Waals surface area contributed by atoms with Gasteiger partial charge < -0.3 is 10.1 Å². The van der Waals surface area contributed by atoms with Crippen LogP contribution in [0, 0.1) is 6.92 Å². The second-order valence-corrected chi connectivity index (χ2v) is 4.39. The Kier molecular flexibility index (Phi) is 6.83. The molecular formula is C14H25N3O. The van der Waals surface area contributed by atoms with Crippen LogP contribution in [0.4, 0.5) is 0 Å². The molecular weight excluding hydrogens is 226 g/mol. The van der Waals surface area contributed by atoms with Crippen molar-refractivity contribution in [2.24, 2.45) is 0 Å². The van der Waals surface area contributed by atoms with Gasteiger partial charge in [0.15, 0.2) is 5.82 Å². The fourth-order valence-corrected chi connectivity index (χ4v) is 1.79. The average molecular weight is 251 g/mol. The Morgan fingerprint density at radius 3 is 2.72 bits per heavy atom. The fourth-order valence-electron chi connectivity index (χ4n) is 1.79. The van der Waals surface area contributed by atoms with Crippen molar-refractivity contribution in [1.82, 2.24) is 15.3 Å². The number of ether oxygens (including phenoxy) is 1. The highest BCUT2D eigenvalue weighted by Crippen LogP contribution is 2.18. The molecule has 4 nitrogen and oxygen atoms in total. The topological polar surface area (TPSA) is 47.0 Å². The maximum atomic E-state index is 5.65. The number of hydrogen-bond donors (Lipinski definition) is 1. The van der Waals surface area contributed by atoms with Crippen LogP contribution >= 0.6 is 0 Å². The Morgan fingerprint density at radius 2 is 2.11 bits per heavy atom. The first kappa shape index (κ1) is 15.1. The highest BCUT2D eigenvalue weighted by molar-refractivity contribution is 5.16. The standard InChI is InChI=1S/C14H25N3O/c1-5-8-15-10-12-11(4)9-16-14(17-12)13(6-2)18-7-3/h9,13,15H,5-8,10H2,1-4H3. The first-order chi connectivity index (χ1) is 8.72. The molecule has 0 radical (unpaired) electrons. The molecule has 0 saturated carbocycles. The van der Waals surface area contributed by atoms with Crippen molar-refractivity contribution >= 4 is 0 Å². The van der Waals surface area contributed by atoms with E-state index in [9.17, 15) is 0 Å². The number of nitrogens with one attached hydrogen (secondary N) is 1. The lowest BCUT2D eigenvalue weighted by Gasteiger charge is -2.15. The highest BCUT2D eigenvalue weighted by Gasteiger charge is 2.13. The lowest BCUT2D eigenvalue weighted by atomic mass is 10.2. The normalized spacial score (nSPS) is 12.7. The van der Waals surface area contributed by atoms with Crippen molar-refractivity contribution in [1.29, 1.82) is 0 Å². The Morgan fingerprint density at radius 1 is 1.33 bits per heavy atom. The summed E-state index contributed by atoms with van der Waals surface area (Å²) in [4.78, 5) is 9.03. The molecule has 1 atom stereocenters. The van der Waals surface area contributed by atoms with E-state index in [0.29, 0.717) is 6.61 Å². The Bertz CT molecular complexity index is 355. The van der Waals surface area contributed by atoms with Crippen LogP contribution in [-0.2, 0) is 11.3 Å². The van der Waals surface area contributed by atoms with Crippen molar-refractivity contribution < 1.29 is 4.74 Å².